The maximum Gasteiger partial charge on any atom is 0.316 e. The predicted octanol–water partition coefficient (Wildman–Crippen LogP) is 4.61. The first kappa shape index (κ1) is 25.8. The van der Waals surface area contributed by atoms with Gasteiger partial charge >= 0.3 is 12.4 Å². The lowest BCUT2D eigenvalue weighted by atomic mass is 9.97. The predicted molar refractivity (Wildman–Crippen MR) is 125 cm³/mol. The van der Waals surface area contributed by atoms with Crippen molar-refractivity contribution in [3.8, 4) is 0 Å². The molecule has 1 aromatic carbocycles. The number of benzene rings is 1. The molecular weight excluding hydrogens is 490 g/mol. The molecule has 0 unspecified atom stereocenters. The number of ether oxygens (including phenoxy) is 1. The van der Waals surface area contributed by atoms with Gasteiger partial charge in [-0.3, -0.25) is 14.6 Å². The number of anilines is 1. The number of aryl methyl sites for hydroxylation is 1. The molecule has 0 radical (unpaired) electrons. The Hall–Kier alpha value is -2.85. The summed E-state index contributed by atoms with van der Waals surface area (Å²) >= 11 is 6.54. The minimum atomic E-state index is -4.12. The van der Waals surface area contributed by atoms with E-state index in [0.29, 0.717) is 16.0 Å². The highest BCUT2D eigenvalue weighted by Crippen LogP contribution is 2.45. The van der Waals surface area contributed by atoms with Crippen LogP contribution in [0, 0.1) is 12.3 Å². The maximum atomic E-state index is 13.4. The first-order valence-electron chi connectivity index (χ1n) is 10.2. The third-order valence-corrected chi connectivity index (χ3v) is 7.29. The van der Waals surface area contributed by atoms with Gasteiger partial charge < -0.3 is 9.64 Å². The molecule has 1 aromatic heterocycles. The molecular formula is C23H23ClF2N2O5S. The van der Waals surface area contributed by atoms with Crippen LogP contribution < -0.4 is 4.90 Å². The standard InChI is InChI=1S/C23H23ClF2N2O5S/c1-12-8-9-14(15(24)17(12)28(5)21(29)20(25)26)19-18(33-22(30)23(2,3)4)16-13(7-6-10-27-16)11-34(19,31)32/h6-10,20H,11H2,1-5H3. The van der Waals surface area contributed by atoms with Gasteiger partial charge in [-0.1, -0.05) is 29.8 Å². The van der Waals surface area contributed by atoms with Crippen LogP contribution in [0.3, 0.4) is 0 Å². The number of sulfone groups is 1. The summed E-state index contributed by atoms with van der Waals surface area (Å²) in [6.45, 7) is 6.36. The molecule has 34 heavy (non-hydrogen) atoms. The number of fused-ring (bicyclic) bond motifs is 1. The number of hydrogen-bond acceptors (Lipinski definition) is 6. The Bertz CT molecular complexity index is 1320. The highest BCUT2D eigenvalue weighted by molar-refractivity contribution is 8.00. The van der Waals surface area contributed by atoms with Crippen molar-refractivity contribution in [2.24, 2.45) is 5.41 Å². The minimum absolute atomic E-state index is 0.0829. The quantitative estimate of drug-likeness (QED) is 0.555. The van der Waals surface area contributed by atoms with Crippen molar-refractivity contribution in [3.63, 3.8) is 0 Å². The smallest absolute Gasteiger partial charge is 0.316 e. The van der Waals surface area contributed by atoms with Crippen LogP contribution >= 0.6 is 11.6 Å². The zero-order chi connectivity index (χ0) is 25.6. The average molecular weight is 513 g/mol. The third-order valence-electron chi connectivity index (χ3n) is 5.19. The van der Waals surface area contributed by atoms with E-state index in [9.17, 15) is 26.8 Å². The second-order valence-electron chi connectivity index (χ2n) is 8.86. The normalized spacial score (nSPS) is 15.2. The summed E-state index contributed by atoms with van der Waals surface area (Å²) in [7, 11) is -3.00. The maximum absolute atomic E-state index is 13.4. The lowest BCUT2D eigenvalue weighted by Crippen LogP contribution is -2.33. The van der Waals surface area contributed by atoms with Gasteiger partial charge in [0.15, 0.2) is 15.6 Å². The van der Waals surface area contributed by atoms with Crippen LogP contribution in [0.2, 0.25) is 5.02 Å². The van der Waals surface area contributed by atoms with E-state index in [1.165, 1.54) is 18.3 Å². The molecule has 0 fully saturated rings. The summed E-state index contributed by atoms with van der Waals surface area (Å²) in [5, 5.41) is -0.251. The number of halogens is 3. The first-order chi connectivity index (χ1) is 15.7. The Morgan fingerprint density at radius 3 is 2.44 bits per heavy atom. The molecule has 0 atom stereocenters. The van der Waals surface area contributed by atoms with Crippen molar-refractivity contribution in [1.82, 2.24) is 4.98 Å². The first-order valence-corrected chi connectivity index (χ1v) is 12.2. The zero-order valence-electron chi connectivity index (χ0n) is 19.1. The second kappa shape index (κ2) is 9.07. The summed E-state index contributed by atoms with van der Waals surface area (Å²) in [5.41, 5.74) is -0.299. The Labute approximate surface area is 201 Å². The van der Waals surface area contributed by atoms with Gasteiger partial charge in [-0.05, 0) is 44.9 Å². The number of aromatic nitrogens is 1. The summed E-state index contributed by atoms with van der Waals surface area (Å²) in [5.74, 6) is -2.95. The topological polar surface area (TPSA) is 93.6 Å². The number of pyridine rings is 1. The van der Waals surface area contributed by atoms with Crippen molar-refractivity contribution in [3.05, 3.63) is 57.9 Å². The number of alkyl halides is 2. The van der Waals surface area contributed by atoms with Crippen LogP contribution in [-0.4, -0.2) is 38.8 Å². The molecule has 1 amide bonds. The van der Waals surface area contributed by atoms with E-state index in [1.807, 2.05) is 0 Å². The second-order valence-corrected chi connectivity index (χ2v) is 11.2. The number of nitrogens with zero attached hydrogens (tertiary/aromatic N) is 2. The highest BCUT2D eigenvalue weighted by Gasteiger charge is 2.39. The van der Waals surface area contributed by atoms with Crippen molar-refractivity contribution in [2.45, 2.75) is 39.9 Å². The van der Waals surface area contributed by atoms with Crippen LogP contribution in [0.1, 0.15) is 43.2 Å². The molecule has 0 aliphatic carbocycles. The Morgan fingerprint density at radius 1 is 1.21 bits per heavy atom. The van der Waals surface area contributed by atoms with Gasteiger partial charge in [0.25, 0.3) is 5.91 Å². The van der Waals surface area contributed by atoms with Crippen molar-refractivity contribution in [2.75, 3.05) is 11.9 Å². The minimum Gasteiger partial charge on any atom is -0.422 e. The van der Waals surface area contributed by atoms with Gasteiger partial charge in [0.1, 0.15) is 10.6 Å². The van der Waals surface area contributed by atoms with Gasteiger partial charge in [0, 0.05) is 18.8 Å². The molecule has 0 N–H and O–H groups in total. The van der Waals surface area contributed by atoms with E-state index >= 15 is 0 Å². The van der Waals surface area contributed by atoms with Crippen molar-refractivity contribution >= 4 is 49.7 Å². The molecule has 3 rings (SSSR count). The van der Waals surface area contributed by atoms with Gasteiger partial charge in [-0.15, -0.1) is 0 Å². The van der Waals surface area contributed by atoms with E-state index in [2.05, 4.69) is 4.98 Å². The summed E-state index contributed by atoms with van der Waals surface area (Å²) in [6, 6.07) is 5.95. The molecule has 182 valence electrons. The van der Waals surface area contributed by atoms with E-state index in [4.69, 9.17) is 16.3 Å². The third kappa shape index (κ3) is 4.69. The fourth-order valence-corrected chi connectivity index (χ4v) is 5.62. The van der Waals surface area contributed by atoms with Crippen LogP contribution in [-0.2, 0) is 29.9 Å². The number of hydrogen-bond donors (Lipinski definition) is 0. The number of esters is 1. The molecule has 7 nitrogen and oxygen atoms in total. The molecule has 2 aromatic rings. The lowest BCUT2D eigenvalue weighted by Gasteiger charge is -2.27. The molecule has 0 saturated heterocycles. The Morgan fingerprint density at radius 2 is 1.85 bits per heavy atom. The van der Waals surface area contributed by atoms with Gasteiger partial charge in [-0.2, -0.15) is 8.78 Å². The van der Waals surface area contributed by atoms with Crippen LogP contribution in [0.15, 0.2) is 30.5 Å². The number of rotatable bonds is 4. The van der Waals surface area contributed by atoms with E-state index < -0.39 is 44.2 Å². The summed E-state index contributed by atoms with van der Waals surface area (Å²) in [4.78, 5) is 29.2. The molecule has 1 aliphatic rings. The Balaban J connectivity index is 2.37. The zero-order valence-corrected chi connectivity index (χ0v) is 20.7. The van der Waals surface area contributed by atoms with Gasteiger partial charge in [0.2, 0.25) is 0 Å². The fraction of sp³-hybridized carbons (Fsp3) is 0.348. The SMILES string of the molecule is Cc1ccc(C2=C(OC(=O)C(C)(C)C)c3ncccc3CS2(=O)=O)c(Cl)c1N(C)C(=O)C(F)F. The fourth-order valence-electron chi connectivity index (χ4n) is 3.42. The number of carbonyl (C=O) groups excluding carboxylic acids is 2. The molecule has 11 heteroatoms. The molecule has 2 heterocycles. The lowest BCUT2D eigenvalue weighted by molar-refractivity contribution is -0.145. The average Bonchev–Trinajstić information content (AvgIpc) is 2.72. The molecule has 1 aliphatic heterocycles. The summed E-state index contributed by atoms with van der Waals surface area (Å²) in [6.07, 6.45) is -1.86. The Kier molecular flexibility index (Phi) is 6.87. The van der Waals surface area contributed by atoms with Gasteiger partial charge in [0.05, 0.1) is 21.9 Å². The summed E-state index contributed by atoms with van der Waals surface area (Å²) < 4.78 is 58.6. The highest BCUT2D eigenvalue weighted by atomic mass is 35.5. The van der Waals surface area contributed by atoms with Crippen LogP contribution in [0.5, 0.6) is 0 Å². The van der Waals surface area contributed by atoms with E-state index in [1.54, 1.807) is 39.8 Å². The largest absolute Gasteiger partial charge is 0.422 e. The van der Waals surface area contributed by atoms with Crippen molar-refractivity contribution < 1.29 is 31.5 Å². The van der Waals surface area contributed by atoms with Crippen molar-refractivity contribution in [1.29, 1.82) is 0 Å². The van der Waals surface area contributed by atoms with Crippen LogP contribution in [0.25, 0.3) is 10.7 Å². The van der Waals surface area contributed by atoms with E-state index in [-0.39, 0.29) is 27.7 Å². The number of carbonyl (C=O) groups is 2. The molecule has 0 saturated carbocycles. The monoisotopic (exact) mass is 512 g/mol. The van der Waals surface area contributed by atoms with Crippen LogP contribution in [0.4, 0.5) is 14.5 Å². The van der Waals surface area contributed by atoms with Gasteiger partial charge in [-0.25, -0.2) is 8.42 Å². The number of amides is 1. The molecule has 0 bridgehead atoms. The van der Waals surface area contributed by atoms with E-state index in [0.717, 1.165) is 7.05 Å². The molecule has 0 spiro atoms.